The SMILES string of the molecule is CC(N)c1nc(-c2ccccc2O)cs1. The molecule has 1 atom stereocenters. The molecule has 2 aromatic rings. The van der Waals surface area contributed by atoms with Gasteiger partial charge in [0.25, 0.3) is 0 Å². The average Bonchev–Trinajstić information content (AvgIpc) is 2.67. The molecule has 0 aliphatic carbocycles. The first-order valence-electron chi connectivity index (χ1n) is 4.68. The van der Waals surface area contributed by atoms with Crippen molar-refractivity contribution >= 4 is 11.3 Å². The molecule has 0 spiro atoms. The Morgan fingerprint density at radius 2 is 2.13 bits per heavy atom. The predicted octanol–water partition coefficient (Wildman–Crippen LogP) is 2.54. The number of nitrogens with zero attached hydrogens (tertiary/aromatic N) is 1. The van der Waals surface area contributed by atoms with Crippen molar-refractivity contribution in [1.29, 1.82) is 0 Å². The van der Waals surface area contributed by atoms with Crippen molar-refractivity contribution in [2.75, 3.05) is 0 Å². The lowest BCUT2D eigenvalue weighted by molar-refractivity contribution is 0.477. The Morgan fingerprint density at radius 1 is 1.40 bits per heavy atom. The number of hydrogen-bond donors (Lipinski definition) is 2. The Balaban J connectivity index is 2.42. The Morgan fingerprint density at radius 3 is 2.73 bits per heavy atom. The molecule has 0 amide bonds. The number of aromatic nitrogens is 1. The average molecular weight is 220 g/mol. The topological polar surface area (TPSA) is 59.1 Å². The molecule has 3 N–H and O–H groups in total. The highest BCUT2D eigenvalue weighted by Gasteiger charge is 2.09. The monoisotopic (exact) mass is 220 g/mol. The standard InChI is InChI=1S/C11H12N2OS/c1-7(12)11-13-9(6-15-11)8-4-2-3-5-10(8)14/h2-7,14H,12H2,1H3. The molecule has 1 aromatic carbocycles. The lowest BCUT2D eigenvalue weighted by Gasteiger charge is -2.00. The summed E-state index contributed by atoms with van der Waals surface area (Å²) in [6.45, 7) is 1.90. The molecule has 1 aromatic heterocycles. The third kappa shape index (κ3) is 2.00. The minimum Gasteiger partial charge on any atom is -0.507 e. The molecule has 0 saturated carbocycles. The van der Waals surface area contributed by atoms with Gasteiger partial charge in [-0.1, -0.05) is 12.1 Å². The van der Waals surface area contributed by atoms with E-state index in [0.717, 1.165) is 16.3 Å². The molecule has 1 unspecified atom stereocenters. The van der Waals surface area contributed by atoms with Crippen molar-refractivity contribution in [2.45, 2.75) is 13.0 Å². The number of aromatic hydroxyl groups is 1. The number of rotatable bonds is 2. The number of para-hydroxylation sites is 1. The zero-order valence-electron chi connectivity index (χ0n) is 8.34. The van der Waals surface area contributed by atoms with E-state index in [-0.39, 0.29) is 11.8 Å². The van der Waals surface area contributed by atoms with Gasteiger partial charge in [0, 0.05) is 10.9 Å². The fourth-order valence-electron chi connectivity index (χ4n) is 1.31. The van der Waals surface area contributed by atoms with E-state index in [2.05, 4.69) is 4.98 Å². The van der Waals surface area contributed by atoms with Gasteiger partial charge >= 0.3 is 0 Å². The van der Waals surface area contributed by atoms with Crippen LogP contribution in [0.15, 0.2) is 29.6 Å². The zero-order chi connectivity index (χ0) is 10.8. The van der Waals surface area contributed by atoms with Gasteiger partial charge in [-0.25, -0.2) is 4.98 Å². The van der Waals surface area contributed by atoms with E-state index in [1.54, 1.807) is 12.1 Å². The van der Waals surface area contributed by atoms with Crippen molar-refractivity contribution in [3.05, 3.63) is 34.7 Å². The Hall–Kier alpha value is -1.39. The molecule has 0 saturated heterocycles. The molecule has 0 aliphatic rings. The maximum absolute atomic E-state index is 9.65. The minimum atomic E-state index is -0.0606. The normalized spacial score (nSPS) is 12.7. The van der Waals surface area contributed by atoms with E-state index in [0.29, 0.717) is 0 Å². The van der Waals surface area contributed by atoms with Crippen molar-refractivity contribution in [1.82, 2.24) is 4.98 Å². The largest absolute Gasteiger partial charge is 0.507 e. The minimum absolute atomic E-state index is 0.0606. The first-order chi connectivity index (χ1) is 7.18. The summed E-state index contributed by atoms with van der Waals surface area (Å²) >= 11 is 1.51. The lowest BCUT2D eigenvalue weighted by atomic mass is 10.1. The van der Waals surface area contributed by atoms with Crippen molar-refractivity contribution in [2.24, 2.45) is 5.73 Å². The second kappa shape index (κ2) is 4.00. The summed E-state index contributed by atoms with van der Waals surface area (Å²) in [7, 11) is 0. The lowest BCUT2D eigenvalue weighted by Crippen LogP contribution is -2.03. The van der Waals surface area contributed by atoms with Gasteiger partial charge in [0.15, 0.2) is 0 Å². The van der Waals surface area contributed by atoms with Crippen LogP contribution in [0.2, 0.25) is 0 Å². The van der Waals surface area contributed by atoms with Crippen LogP contribution in [-0.4, -0.2) is 10.1 Å². The van der Waals surface area contributed by atoms with Crippen molar-refractivity contribution in [3.8, 4) is 17.0 Å². The van der Waals surface area contributed by atoms with E-state index < -0.39 is 0 Å². The second-order valence-corrected chi connectivity index (χ2v) is 4.27. The summed E-state index contributed by atoms with van der Waals surface area (Å²) in [5.74, 6) is 0.249. The van der Waals surface area contributed by atoms with Crippen LogP contribution < -0.4 is 5.73 Å². The van der Waals surface area contributed by atoms with Gasteiger partial charge in [-0.15, -0.1) is 11.3 Å². The molecule has 0 aliphatic heterocycles. The summed E-state index contributed by atoms with van der Waals surface area (Å²) in [6, 6.07) is 7.10. The summed E-state index contributed by atoms with van der Waals surface area (Å²) in [6.07, 6.45) is 0. The fraction of sp³-hybridized carbons (Fsp3) is 0.182. The Bertz CT molecular complexity index is 465. The molecule has 0 bridgehead atoms. The summed E-state index contributed by atoms with van der Waals surface area (Å²) in [5.41, 5.74) is 7.26. The number of phenolic OH excluding ortho intramolecular Hbond substituents is 1. The van der Waals surface area contributed by atoms with Crippen LogP contribution in [0.25, 0.3) is 11.3 Å². The maximum atomic E-state index is 9.65. The highest BCUT2D eigenvalue weighted by atomic mass is 32.1. The molecular weight excluding hydrogens is 208 g/mol. The van der Waals surface area contributed by atoms with Gasteiger partial charge in [-0.2, -0.15) is 0 Å². The van der Waals surface area contributed by atoms with E-state index >= 15 is 0 Å². The van der Waals surface area contributed by atoms with E-state index in [1.165, 1.54) is 11.3 Å². The molecule has 1 heterocycles. The maximum Gasteiger partial charge on any atom is 0.125 e. The van der Waals surface area contributed by atoms with Gasteiger partial charge in [0.2, 0.25) is 0 Å². The first kappa shape index (κ1) is 10.1. The molecule has 78 valence electrons. The number of hydrogen-bond acceptors (Lipinski definition) is 4. The van der Waals surface area contributed by atoms with Crippen LogP contribution in [0.5, 0.6) is 5.75 Å². The Labute approximate surface area is 92.2 Å². The van der Waals surface area contributed by atoms with Gasteiger partial charge in [-0.05, 0) is 19.1 Å². The molecule has 2 rings (SSSR count). The number of benzene rings is 1. The molecular formula is C11H12N2OS. The Kier molecular flexibility index (Phi) is 2.70. The fourth-order valence-corrected chi connectivity index (χ4v) is 2.09. The van der Waals surface area contributed by atoms with Crippen LogP contribution in [0.4, 0.5) is 0 Å². The summed E-state index contributed by atoms with van der Waals surface area (Å²) in [5, 5.41) is 12.4. The predicted molar refractivity (Wildman–Crippen MR) is 61.8 cm³/mol. The quantitative estimate of drug-likeness (QED) is 0.817. The molecule has 0 radical (unpaired) electrons. The molecule has 3 nitrogen and oxygen atoms in total. The van der Waals surface area contributed by atoms with Gasteiger partial charge < -0.3 is 10.8 Å². The van der Waals surface area contributed by atoms with Gasteiger partial charge in [0.1, 0.15) is 10.8 Å². The molecule has 15 heavy (non-hydrogen) atoms. The number of nitrogens with two attached hydrogens (primary N) is 1. The zero-order valence-corrected chi connectivity index (χ0v) is 9.16. The third-order valence-electron chi connectivity index (χ3n) is 2.09. The van der Waals surface area contributed by atoms with Crippen molar-refractivity contribution in [3.63, 3.8) is 0 Å². The van der Waals surface area contributed by atoms with Crippen LogP contribution in [0, 0.1) is 0 Å². The second-order valence-electron chi connectivity index (χ2n) is 3.38. The summed E-state index contributed by atoms with van der Waals surface area (Å²) in [4.78, 5) is 4.37. The van der Waals surface area contributed by atoms with Crippen LogP contribution >= 0.6 is 11.3 Å². The number of thiazole rings is 1. The van der Waals surface area contributed by atoms with E-state index in [9.17, 15) is 5.11 Å². The van der Waals surface area contributed by atoms with Crippen LogP contribution in [-0.2, 0) is 0 Å². The highest BCUT2D eigenvalue weighted by Crippen LogP contribution is 2.30. The van der Waals surface area contributed by atoms with Crippen molar-refractivity contribution < 1.29 is 5.11 Å². The van der Waals surface area contributed by atoms with Crippen LogP contribution in [0.3, 0.4) is 0 Å². The number of phenols is 1. The van der Waals surface area contributed by atoms with E-state index in [4.69, 9.17) is 5.73 Å². The smallest absolute Gasteiger partial charge is 0.125 e. The van der Waals surface area contributed by atoms with Crippen LogP contribution in [0.1, 0.15) is 18.0 Å². The van der Waals surface area contributed by atoms with Gasteiger partial charge in [0.05, 0.1) is 11.7 Å². The third-order valence-corrected chi connectivity index (χ3v) is 3.14. The van der Waals surface area contributed by atoms with E-state index in [1.807, 2.05) is 24.4 Å². The molecule has 0 fully saturated rings. The first-order valence-corrected chi connectivity index (χ1v) is 5.56. The molecule has 4 heteroatoms. The van der Waals surface area contributed by atoms with Gasteiger partial charge in [-0.3, -0.25) is 0 Å². The highest BCUT2D eigenvalue weighted by molar-refractivity contribution is 7.10. The summed E-state index contributed by atoms with van der Waals surface area (Å²) < 4.78 is 0.